The van der Waals surface area contributed by atoms with Crippen LogP contribution in [0, 0.1) is 11.3 Å². The van der Waals surface area contributed by atoms with Crippen LogP contribution >= 0.6 is 0 Å². The summed E-state index contributed by atoms with van der Waals surface area (Å²) in [5.74, 6) is 0.786. The summed E-state index contributed by atoms with van der Waals surface area (Å²) in [6.45, 7) is 4.23. The number of hydrogen-bond acceptors (Lipinski definition) is 4. The van der Waals surface area contributed by atoms with Gasteiger partial charge in [-0.15, -0.1) is 0 Å². The van der Waals surface area contributed by atoms with Gasteiger partial charge in [0.2, 0.25) is 6.29 Å². The minimum absolute atomic E-state index is 0.0482. The summed E-state index contributed by atoms with van der Waals surface area (Å²) in [7, 11) is 0. The number of ether oxygens (including phenoxy) is 2. The summed E-state index contributed by atoms with van der Waals surface area (Å²) in [5, 5.41) is 0. The monoisotopic (exact) mass is 236 g/mol. The number of hydrogen-bond donors (Lipinski definition) is 0. The average molecular weight is 236 g/mol. The Balaban J connectivity index is 1.94. The summed E-state index contributed by atoms with van der Waals surface area (Å²) in [5.41, 5.74) is 0.676. The first kappa shape index (κ1) is 11.0. The Hall–Kier alpha value is -1.16. The lowest BCUT2D eigenvalue weighted by atomic mass is 9.74. The third-order valence-electron chi connectivity index (χ3n) is 3.69. The van der Waals surface area contributed by atoms with Crippen LogP contribution in [0.25, 0.3) is 0 Å². The van der Waals surface area contributed by atoms with E-state index in [1.165, 1.54) is 0 Å². The molecule has 0 amide bonds. The molecule has 2 heterocycles. The molecule has 3 rings (SSSR count). The second kappa shape index (κ2) is 3.42. The van der Waals surface area contributed by atoms with Gasteiger partial charge in [-0.2, -0.15) is 0 Å². The van der Waals surface area contributed by atoms with Crippen molar-refractivity contribution in [2.75, 3.05) is 6.61 Å². The van der Waals surface area contributed by atoms with Crippen molar-refractivity contribution >= 4 is 11.6 Å². The van der Waals surface area contributed by atoms with Crippen LogP contribution in [0.5, 0.6) is 0 Å². The molecule has 4 nitrogen and oxygen atoms in total. The number of Topliss-reactive ketones (excluding diaryl/α,β-unsaturated/α-hetero) is 2. The summed E-state index contributed by atoms with van der Waals surface area (Å²) in [6, 6.07) is 0. The quantitative estimate of drug-likeness (QED) is 0.641. The molecule has 3 aliphatic rings. The highest BCUT2D eigenvalue weighted by molar-refractivity contribution is 5.99. The molecule has 4 heteroatoms. The van der Waals surface area contributed by atoms with Gasteiger partial charge >= 0.3 is 0 Å². The van der Waals surface area contributed by atoms with E-state index < -0.39 is 6.29 Å². The Morgan fingerprint density at radius 1 is 1.24 bits per heavy atom. The molecule has 0 aromatic carbocycles. The highest BCUT2D eigenvalue weighted by Gasteiger charge is 2.48. The number of ketones is 2. The van der Waals surface area contributed by atoms with Gasteiger partial charge in [0, 0.05) is 24.8 Å². The SMILES string of the molecule is CC1(C)CC(=O)C2=C(C1)O[C@@H]1OCC(=O)C[C@H]21. The molecule has 0 radical (unpaired) electrons. The van der Waals surface area contributed by atoms with Crippen LogP contribution in [-0.4, -0.2) is 24.5 Å². The molecule has 0 aromatic rings. The molecule has 2 atom stereocenters. The normalized spacial score (nSPS) is 35.4. The van der Waals surface area contributed by atoms with Gasteiger partial charge in [-0.1, -0.05) is 13.8 Å². The Labute approximate surface area is 100.0 Å². The van der Waals surface area contributed by atoms with Crippen LogP contribution in [-0.2, 0) is 19.1 Å². The third kappa shape index (κ3) is 1.71. The number of rotatable bonds is 0. The maximum absolute atomic E-state index is 12.1. The predicted molar refractivity (Wildman–Crippen MR) is 59.0 cm³/mol. The molecule has 1 aliphatic carbocycles. The smallest absolute Gasteiger partial charge is 0.207 e. The van der Waals surface area contributed by atoms with E-state index in [1.54, 1.807) is 0 Å². The summed E-state index contributed by atoms with van der Waals surface area (Å²) >= 11 is 0. The highest BCUT2D eigenvalue weighted by atomic mass is 16.7. The molecule has 92 valence electrons. The van der Waals surface area contributed by atoms with Gasteiger partial charge in [-0.25, -0.2) is 0 Å². The van der Waals surface area contributed by atoms with Crippen molar-refractivity contribution in [2.24, 2.45) is 11.3 Å². The van der Waals surface area contributed by atoms with Crippen LogP contribution in [0.1, 0.15) is 33.1 Å². The van der Waals surface area contributed by atoms with E-state index in [0.717, 1.165) is 17.8 Å². The number of carbonyl (C=O) groups is 2. The van der Waals surface area contributed by atoms with E-state index >= 15 is 0 Å². The largest absolute Gasteiger partial charge is 0.468 e. The van der Waals surface area contributed by atoms with Crippen molar-refractivity contribution in [3.05, 3.63) is 11.3 Å². The van der Waals surface area contributed by atoms with Gasteiger partial charge in [0.1, 0.15) is 12.4 Å². The van der Waals surface area contributed by atoms with Crippen molar-refractivity contribution < 1.29 is 19.1 Å². The van der Waals surface area contributed by atoms with Crippen molar-refractivity contribution in [3.8, 4) is 0 Å². The molecule has 0 N–H and O–H groups in total. The summed E-state index contributed by atoms with van der Waals surface area (Å²) in [4.78, 5) is 23.5. The second-order valence-electron chi connectivity index (χ2n) is 5.92. The zero-order valence-electron chi connectivity index (χ0n) is 10.1. The van der Waals surface area contributed by atoms with Gasteiger partial charge in [0.05, 0.1) is 5.92 Å². The van der Waals surface area contributed by atoms with Crippen LogP contribution < -0.4 is 0 Å². The van der Waals surface area contributed by atoms with E-state index in [1.807, 2.05) is 0 Å². The van der Waals surface area contributed by atoms with Crippen molar-refractivity contribution in [1.29, 1.82) is 0 Å². The zero-order valence-corrected chi connectivity index (χ0v) is 10.1. The van der Waals surface area contributed by atoms with Crippen LogP contribution in [0.3, 0.4) is 0 Å². The molecule has 17 heavy (non-hydrogen) atoms. The van der Waals surface area contributed by atoms with Gasteiger partial charge in [0.25, 0.3) is 0 Å². The van der Waals surface area contributed by atoms with Crippen molar-refractivity contribution in [1.82, 2.24) is 0 Å². The Bertz CT molecular complexity index is 433. The van der Waals surface area contributed by atoms with E-state index in [0.29, 0.717) is 12.8 Å². The first-order chi connectivity index (χ1) is 7.96. The molecule has 2 aliphatic heterocycles. The first-order valence-corrected chi connectivity index (χ1v) is 6.02. The lowest BCUT2D eigenvalue weighted by molar-refractivity contribution is -0.164. The Kier molecular flexibility index (Phi) is 2.20. The molecular weight excluding hydrogens is 220 g/mol. The van der Waals surface area contributed by atoms with Crippen molar-refractivity contribution in [2.45, 2.75) is 39.4 Å². The number of allylic oxidation sites excluding steroid dienone is 1. The lowest BCUT2D eigenvalue weighted by Gasteiger charge is -2.29. The molecule has 1 fully saturated rings. The molecule has 0 saturated carbocycles. The molecule has 0 unspecified atom stereocenters. The average Bonchev–Trinajstić information content (AvgIpc) is 2.52. The zero-order chi connectivity index (χ0) is 12.2. The highest BCUT2D eigenvalue weighted by Crippen LogP contribution is 2.47. The maximum Gasteiger partial charge on any atom is 0.207 e. The second-order valence-corrected chi connectivity index (χ2v) is 5.92. The fourth-order valence-electron chi connectivity index (χ4n) is 2.98. The molecular formula is C13H16O4. The van der Waals surface area contributed by atoms with E-state index in [9.17, 15) is 9.59 Å². The fourth-order valence-corrected chi connectivity index (χ4v) is 2.98. The van der Waals surface area contributed by atoms with E-state index in [2.05, 4.69) is 13.8 Å². The standard InChI is InChI=1S/C13H16O4/c1-13(2)4-9(15)11-8-3-7(14)6-16-12(8)17-10(11)5-13/h8,12H,3-6H2,1-2H3/t8-,12+/m1/s1. The fraction of sp³-hybridized carbons (Fsp3) is 0.692. The molecule has 1 saturated heterocycles. The lowest BCUT2D eigenvalue weighted by Crippen LogP contribution is -2.35. The van der Waals surface area contributed by atoms with Crippen LogP contribution in [0.15, 0.2) is 11.3 Å². The Morgan fingerprint density at radius 3 is 2.76 bits per heavy atom. The van der Waals surface area contributed by atoms with Gasteiger partial charge < -0.3 is 9.47 Å². The Morgan fingerprint density at radius 2 is 2.00 bits per heavy atom. The van der Waals surface area contributed by atoms with E-state index in [-0.39, 0.29) is 29.5 Å². The van der Waals surface area contributed by atoms with Gasteiger partial charge in [-0.3, -0.25) is 9.59 Å². The third-order valence-corrected chi connectivity index (χ3v) is 3.69. The summed E-state index contributed by atoms with van der Waals surface area (Å²) in [6.07, 6.45) is 1.27. The molecule has 0 spiro atoms. The molecule has 0 aromatic heterocycles. The first-order valence-electron chi connectivity index (χ1n) is 6.02. The van der Waals surface area contributed by atoms with E-state index in [4.69, 9.17) is 9.47 Å². The van der Waals surface area contributed by atoms with Gasteiger partial charge in [-0.05, 0) is 5.41 Å². The number of fused-ring (bicyclic) bond motifs is 2. The van der Waals surface area contributed by atoms with Crippen LogP contribution in [0.2, 0.25) is 0 Å². The molecule has 0 bridgehead atoms. The maximum atomic E-state index is 12.1. The summed E-state index contributed by atoms with van der Waals surface area (Å²) < 4.78 is 11.1. The van der Waals surface area contributed by atoms with Gasteiger partial charge in [0.15, 0.2) is 11.6 Å². The minimum Gasteiger partial charge on any atom is -0.468 e. The van der Waals surface area contributed by atoms with Crippen molar-refractivity contribution in [3.63, 3.8) is 0 Å². The predicted octanol–water partition coefficient (Wildman–Crippen LogP) is 1.59. The topological polar surface area (TPSA) is 52.6 Å². The number of carbonyl (C=O) groups excluding carboxylic acids is 2. The van der Waals surface area contributed by atoms with Crippen LogP contribution in [0.4, 0.5) is 0 Å². The minimum atomic E-state index is -0.407.